The summed E-state index contributed by atoms with van der Waals surface area (Å²) in [7, 11) is 1.31. The van der Waals surface area contributed by atoms with E-state index in [1.807, 2.05) is 0 Å². The molecule has 488 valence electrons. The van der Waals surface area contributed by atoms with Gasteiger partial charge in [0, 0.05) is 48.2 Å². The van der Waals surface area contributed by atoms with Gasteiger partial charge >= 0.3 is 18.1 Å². The van der Waals surface area contributed by atoms with E-state index < -0.39 is 42.5 Å². The molecule has 0 aliphatic rings. The van der Waals surface area contributed by atoms with E-state index in [9.17, 15) is 45.8 Å². The number of alkyl halides is 3. The van der Waals surface area contributed by atoms with Crippen LogP contribution in [0.5, 0.6) is 0 Å². The molecule has 30 heteroatoms. The molecule has 24 nitrogen and oxygen atoms in total. The molecule has 0 saturated heterocycles. The Morgan fingerprint density at radius 1 is 0.543 bits per heavy atom. The zero-order valence-electron chi connectivity index (χ0n) is 49.3. The summed E-state index contributed by atoms with van der Waals surface area (Å²) in [6, 6.07) is 29.7. The minimum absolute atomic E-state index is 0.0510. The Kier molecular flexibility index (Phi) is 25.5. The van der Waals surface area contributed by atoms with Crippen molar-refractivity contribution in [3.8, 4) is 45.4 Å². The number of esters is 1. The Hall–Kier alpha value is -11.3. The molecule has 0 aliphatic carbocycles. The van der Waals surface area contributed by atoms with Crippen LogP contribution >= 0.6 is 0 Å². The van der Waals surface area contributed by atoms with E-state index in [-0.39, 0.29) is 96.2 Å². The molecule has 0 spiro atoms. The van der Waals surface area contributed by atoms with Crippen molar-refractivity contribution in [1.29, 1.82) is 0 Å². The average molecular weight is 1300 g/mol. The van der Waals surface area contributed by atoms with E-state index in [1.54, 1.807) is 79.1 Å². The fourth-order valence-corrected chi connectivity index (χ4v) is 7.58. The minimum Gasteiger partial charge on any atom is -0.477 e. The number of anilines is 3. The van der Waals surface area contributed by atoms with Gasteiger partial charge in [-0.1, -0.05) is 12.1 Å². The molecule has 8 heterocycles. The van der Waals surface area contributed by atoms with Crippen LogP contribution in [0, 0.1) is 17.5 Å². The van der Waals surface area contributed by atoms with Gasteiger partial charge in [-0.3, -0.25) is 14.8 Å². The molecule has 8 aromatic heterocycles. The van der Waals surface area contributed by atoms with E-state index >= 15 is 0 Å². The van der Waals surface area contributed by atoms with Crippen LogP contribution in [0.25, 0.3) is 45.4 Å². The van der Waals surface area contributed by atoms with E-state index in [4.69, 9.17) is 49.6 Å². The van der Waals surface area contributed by atoms with Crippen molar-refractivity contribution >= 4 is 35.4 Å². The fraction of sp³-hybridized carbons (Fsp3) is 0.172. The number of rotatable bonds is 19. The van der Waals surface area contributed by atoms with Gasteiger partial charge in [-0.15, -0.1) is 0 Å². The largest absolute Gasteiger partial charge is 0.477 e. The maximum Gasteiger partial charge on any atom is 0.417 e. The number of nitrogens with zero attached hydrogens (tertiary/aromatic N) is 8. The molecule has 0 radical (unpaired) electrons. The summed E-state index contributed by atoms with van der Waals surface area (Å²) in [5, 5.41) is 46.0. The third kappa shape index (κ3) is 21.7. The van der Waals surface area contributed by atoms with Gasteiger partial charge in [0.2, 0.25) is 0 Å². The number of pyridine rings is 4. The number of hydrogen-bond acceptors (Lipinski definition) is 23. The van der Waals surface area contributed by atoms with Crippen LogP contribution in [0.1, 0.15) is 72.8 Å². The first-order chi connectivity index (χ1) is 45.1. The predicted molar refractivity (Wildman–Crippen MR) is 324 cm³/mol. The lowest BCUT2D eigenvalue weighted by Crippen LogP contribution is -2.22. The third-order valence-corrected chi connectivity index (χ3v) is 12.5. The number of halogens is 6. The standard InChI is InChI=1S/C20H18F3N3O4.C17H13FN2O3.C15H10FN3O3.C9H7FN2O.C3H9NO2/c21-20(22,23)13-2-5-16(25-9-13)18-10-26-19(30-18)7-12-1-4-15(24-8-12)17(29)6-3-14(28)11-27;1-22-17(21)14-7-2-11(9-19-14)8-16-20-10-15(23-16)12-3-5-13(18)6-4-12;16-10-3-1-9(2-4-10)13-8-18-15(22-13)19-11-5-6-12(14(20)21)17-7-11;10-7-3-1-6(2-4-7)8-5-12-9(11)13-8;4-1-3(6)2-5/h1-2,4-5,8-10,14,27-28H,3,6-7,11H2;2-7,9-10H,8H2,1H3;1-8H,(H,18,19)(H,20,21);1-5H,(H2,11,12);3,5-6H,1-2,4H2/t14-;;;;3-/m1...1/s1. The minimum atomic E-state index is -4.46. The molecule has 0 saturated carbocycles. The summed E-state index contributed by atoms with van der Waals surface area (Å²) in [4.78, 5) is 65.8. The number of carbonyl (C=O) groups excluding carboxylic acids is 2. The molecule has 11 aromatic rings. The Morgan fingerprint density at radius 2 is 1.03 bits per heavy atom. The van der Waals surface area contributed by atoms with Crippen molar-refractivity contribution in [3.05, 3.63) is 234 Å². The molecule has 11 rings (SSSR count). The van der Waals surface area contributed by atoms with Crippen molar-refractivity contribution in [2.45, 2.75) is 44.1 Å². The van der Waals surface area contributed by atoms with Crippen LogP contribution in [0.4, 0.5) is 44.1 Å². The number of hydrogen-bond donors (Lipinski definition) is 8. The summed E-state index contributed by atoms with van der Waals surface area (Å²) < 4.78 is 103. The van der Waals surface area contributed by atoms with Crippen LogP contribution in [-0.4, -0.2) is 122 Å². The second-order valence-corrected chi connectivity index (χ2v) is 19.5. The zero-order chi connectivity index (χ0) is 67.7. The summed E-state index contributed by atoms with van der Waals surface area (Å²) in [6.07, 6.45) is 5.95. The Balaban J connectivity index is 0.000000177. The number of carboxylic acid groups (broad SMARTS) is 1. The van der Waals surface area contributed by atoms with Gasteiger partial charge in [0.15, 0.2) is 40.6 Å². The van der Waals surface area contributed by atoms with Crippen LogP contribution in [0.15, 0.2) is 189 Å². The van der Waals surface area contributed by atoms with Crippen molar-refractivity contribution in [2.75, 3.05) is 37.9 Å². The second kappa shape index (κ2) is 34.2. The summed E-state index contributed by atoms with van der Waals surface area (Å²) in [5.74, 6) is -0.0770. The smallest absolute Gasteiger partial charge is 0.417 e. The summed E-state index contributed by atoms with van der Waals surface area (Å²) in [5.41, 5.74) is 14.3. The lowest BCUT2D eigenvalue weighted by atomic mass is 10.1. The lowest BCUT2D eigenvalue weighted by Gasteiger charge is -2.06. The average Bonchev–Trinajstić information content (AvgIpc) is 1.73. The van der Waals surface area contributed by atoms with E-state index in [0.717, 1.165) is 34.5 Å². The normalized spacial score (nSPS) is 11.4. The second-order valence-electron chi connectivity index (χ2n) is 19.5. The molecular weight excluding hydrogens is 1240 g/mol. The highest BCUT2D eigenvalue weighted by Gasteiger charge is 2.31. The maximum absolute atomic E-state index is 12.9. The highest BCUT2D eigenvalue weighted by atomic mass is 19.4. The zero-order valence-corrected chi connectivity index (χ0v) is 49.3. The number of aromatic carboxylic acids is 1. The maximum atomic E-state index is 12.9. The first-order valence-electron chi connectivity index (χ1n) is 27.7. The fourth-order valence-electron chi connectivity index (χ4n) is 7.58. The predicted octanol–water partition coefficient (Wildman–Crippen LogP) is 9.99. The molecule has 2 atom stereocenters. The number of ketones is 1. The van der Waals surface area contributed by atoms with Crippen LogP contribution in [0.3, 0.4) is 0 Å². The number of ether oxygens (including phenoxy) is 1. The van der Waals surface area contributed by atoms with Crippen LogP contribution in [-0.2, 0) is 23.8 Å². The molecule has 0 fully saturated rings. The topological polar surface area (TPSA) is 381 Å². The van der Waals surface area contributed by atoms with Gasteiger partial charge in [-0.25, -0.2) is 52.7 Å². The number of carboxylic acids is 1. The number of carbonyl (C=O) groups is 3. The van der Waals surface area contributed by atoms with Gasteiger partial charge < -0.3 is 64.7 Å². The number of oxazole rings is 4. The molecule has 0 amide bonds. The molecule has 0 bridgehead atoms. The third-order valence-electron chi connectivity index (χ3n) is 12.5. The first-order valence-corrected chi connectivity index (χ1v) is 27.7. The SMILES string of the molecule is COC(=O)c1ccc(Cc2ncc(-c3ccc(F)cc3)o2)cn1.NC[C@@H](O)CO.Nc1ncc(-c2ccc(F)cc2)o1.O=C(CC[C@@H](O)CO)c1ccc(Cc2ncc(-c3ccc(C(F)(F)F)cn3)o2)cn1.O=C(O)c1ccc(Nc2ncc(-c3ccc(F)cc3)o2)cn1. The molecule has 0 aliphatic heterocycles. The highest BCUT2D eigenvalue weighted by Crippen LogP contribution is 2.31. The number of aliphatic hydroxyl groups excluding tert-OH is 4. The van der Waals surface area contributed by atoms with Crippen LogP contribution in [0.2, 0.25) is 0 Å². The highest BCUT2D eigenvalue weighted by molar-refractivity contribution is 5.94. The number of aromatic nitrogens is 8. The molecule has 0 unspecified atom stereocenters. The molecular formula is C64H57F6N11O13. The van der Waals surface area contributed by atoms with Gasteiger partial charge in [0.05, 0.1) is 87.6 Å². The number of nitrogen functional groups attached to an aromatic ring is 1. The van der Waals surface area contributed by atoms with Crippen molar-refractivity contribution in [2.24, 2.45) is 5.73 Å². The van der Waals surface area contributed by atoms with E-state index in [0.29, 0.717) is 46.7 Å². The van der Waals surface area contributed by atoms with E-state index in [2.05, 4.69) is 49.9 Å². The summed E-state index contributed by atoms with van der Waals surface area (Å²) in [6.45, 7) is -0.507. The summed E-state index contributed by atoms with van der Waals surface area (Å²) >= 11 is 0. The Bertz CT molecular complexity index is 4130. The van der Waals surface area contributed by atoms with Crippen molar-refractivity contribution in [3.63, 3.8) is 0 Å². The number of nitrogens with one attached hydrogen (secondary N) is 1. The molecule has 3 aromatic carbocycles. The molecule has 94 heavy (non-hydrogen) atoms. The number of Topliss-reactive ketones (excluding diaryl/α,β-unsaturated/α-hetero) is 1. The van der Waals surface area contributed by atoms with Crippen molar-refractivity contribution < 1.29 is 88.7 Å². The lowest BCUT2D eigenvalue weighted by molar-refractivity contribution is -0.137. The Labute approximate surface area is 529 Å². The van der Waals surface area contributed by atoms with Gasteiger partial charge in [0.25, 0.3) is 12.0 Å². The monoisotopic (exact) mass is 1300 g/mol. The van der Waals surface area contributed by atoms with Crippen LogP contribution < -0.4 is 16.8 Å². The quantitative estimate of drug-likeness (QED) is 0.0212. The number of aliphatic hydroxyl groups is 4. The number of benzene rings is 3. The van der Waals surface area contributed by atoms with Crippen molar-refractivity contribution in [1.82, 2.24) is 39.9 Å². The Morgan fingerprint density at radius 3 is 1.47 bits per heavy atom. The molecule has 10 N–H and O–H groups in total. The van der Waals surface area contributed by atoms with Gasteiger partial charge in [-0.2, -0.15) is 13.2 Å². The first kappa shape index (κ1) is 70.2. The van der Waals surface area contributed by atoms with Gasteiger partial charge in [0.1, 0.15) is 40.2 Å². The number of nitrogens with two attached hydrogens (primary N) is 2. The number of methoxy groups -OCH3 is 1. The van der Waals surface area contributed by atoms with E-state index in [1.165, 1.54) is 86.6 Å². The van der Waals surface area contributed by atoms with Gasteiger partial charge in [-0.05, 0) is 127 Å².